The Balaban J connectivity index is -0.0000000506. The van der Waals surface area contributed by atoms with Gasteiger partial charge in [0.2, 0.25) is 0 Å². The van der Waals surface area contributed by atoms with Crippen LogP contribution in [0.5, 0.6) is 0 Å². The molecule has 1 aliphatic rings. The van der Waals surface area contributed by atoms with Gasteiger partial charge in [-0.25, -0.2) is 0 Å². The average Bonchev–Trinajstić information content (AvgIpc) is 2.07. The molecule has 0 saturated carbocycles. The second-order valence-corrected chi connectivity index (χ2v) is 17.2. The van der Waals surface area contributed by atoms with Crippen molar-refractivity contribution in [3.63, 3.8) is 0 Å². The Bertz CT molecular complexity index is 73.6. The Labute approximate surface area is 126 Å². The molecule has 13 heavy (non-hydrogen) atoms. The molecular weight excluding hydrogens is 349 g/mol. The molecule has 0 radical (unpaired) electrons. The summed E-state index contributed by atoms with van der Waals surface area (Å²) in [6.45, 7) is 2.00. The monoisotopic (exact) mass is 354 g/mol. The Morgan fingerprint density at radius 3 is 1.15 bits per heavy atom. The fourth-order valence-electron chi connectivity index (χ4n) is 0.510. The van der Waals surface area contributed by atoms with Gasteiger partial charge >= 0.3 is 72.6 Å². The van der Waals surface area contributed by atoms with Crippen LogP contribution in [0.15, 0.2) is 0 Å². The first-order valence-corrected chi connectivity index (χ1v) is 11.4. The third-order valence-electron chi connectivity index (χ3n) is 0.827. The minimum Gasteiger partial charge on any atom is 2.00 e. The molecule has 0 atom stereocenters. The fraction of sp³-hybridized carbons (Fsp3) is 1.00. The second kappa shape index (κ2) is 15.2. The van der Waals surface area contributed by atoms with Gasteiger partial charge in [-0.05, 0) is 12.8 Å². The molecule has 0 aliphatic carbocycles. The van der Waals surface area contributed by atoms with Crippen molar-refractivity contribution in [1.82, 2.24) is 0 Å². The van der Waals surface area contributed by atoms with Crippen LogP contribution in [-0.4, -0.2) is 36.3 Å². The smallest absolute Gasteiger partial charge is 2.00 e. The largest absolute Gasteiger partial charge is 2.00 e. The van der Waals surface area contributed by atoms with E-state index >= 15 is 0 Å². The summed E-state index contributed by atoms with van der Waals surface area (Å²) in [5, 5.41) is 0. The van der Waals surface area contributed by atoms with Crippen LogP contribution in [0.3, 0.4) is 0 Å². The van der Waals surface area contributed by atoms with Gasteiger partial charge in [0.25, 0.3) is 0 Å². The van der Waals surface area contributed by atoms with E-state index in [1.165, 1.54) is 12.8 Å². The Morgan fingerprint density at radius 1 is 0.846 bits per heavy atom. The number of ether oxygens (including phenoxy) is 1. The van der Waals surface area contributed by atoms with Gasteiger partial charge in [-0.3, -0.25) is 0 Å². The van der Waals surface area contributed by atoms with Gasteiger partial charge in [0.15, 0.2) is 0 Å². The third kappa shape index (κ3) is 39.4. The molecule has 1 fully saturated rings. The predicted octanol–water partition coefficient (Wildman–Crippen LogP) is -2.82. The maximum atomic E-state index is 5.01. The van der Waals surface area contributed by atoms with E-state index in [9.17, 15) is 0 Å². The van der Waals surface area contributed by atoms with E-state index < -0.39 is 12.3 Å². The van der Waals surface area contributed by atoms with Crippen LogP contribution in [-0.2, 0) is 17.1 Å². The molecule has 0 aromatic rings. The summed E-state index contributed by atoms with van der Waals surface area (Å²) in [5.41, 5.74) is 0. The molecule has 1 heterocycles. The summed E-state index contributed by atoms with van der Waals surface area (Å²) in [6, 6.07) is 0. The van der Waals surface area contributed by atoms with Gasteiger partial charge < -0.3 is 29.6 Å². The number of halogens is 6. The van der Waals surface area contributed by atoms with Crippen LogP contribution < -0.4 is 24.8 Å². The van der Waals surface area contributed by atoms with Crippen LogP contribution in [0, 0.1) is 0 Å². The van der Waals surface area contributed by atoms with Crippen molar-refractivity contribution in [2.45, 2.75) is 12.8 Å². The van der Waals surface area contributed by atoms with Crippen LogP contribution in [0.1, 0.15) is 12.8 Å². The molecule has 1 nitrogen and oxygen atoms in total. The topological polar surface area (TPSA) is 9.23 Å². The van der Waals surface area contributed by atoms with Crippen LogP contribution in [0.25, 0.3) is 0 Å². The molecule has 0 unspecified atom stereocenters. The van der Waals surface area contributed by atoms with E-state index in [-0.39, 0.29) is 47.9 Å². The minimum absolute atomic E-state index is 0. The van der Waals surface area contributed by atoms with Crippen molar-refractivity contribution in [2.75, 3.05) is 13.2 Å². The quantitative estimate of drug-likeness (QED) is 0.425. The van der Waals surface area contributed by atoms with Crippen LogP contribution >= 0.6 is 37.2 Å². The van der Waals surface area contributed by atoms with Crippen LogP contribution in [0.4, 0.5) is 0 Å². The van der Waals surface area contributed by atoms with Gasteiger partial charge in [0.05, 0.1) is 0 Å². The summed E-state index contributed by atoms with van der Waals surface area (Å²) >= 11 is -3.11. The zero-order chi connectivity index (χ0) is 8.04. The molecule has 1 aliphatic heterocycles. The molecule has 1 rings (SSSR count). The number of hydrogen-bond donors (Lipinski definition) is 0. The molecule has 0 aromatic heterocycles. The minimum atomic E-state index is -3.11. The van der Waals surface area contributed by atoms with Gasteiger partial charge in [-0.15, -0.1) is 0 Å². The van der Waals surface area contributed by atoms with Crippen molar-refractivity contribution < 1.29 is 41.9 Å². The molecule has 9 heteroatoms. The zero-order valence-corrected chi connectivity index (χ0v) is 14.2. The SMILES string of the molecule is C1CCOC1.[Cl-].[Cl-].[Cl][Ti]([Cl])([Cl])[Cl].[Mg+2]. The molecule has 78 valence electrons. The normalized spacial score (nSPS) is 13.8. The second-order valence-electron chi connectivity index (χ2n) is 1.75. The zero-order valence-electron chi connectivity index (χ0n) is 6.71. The van der Waals surface area contributed by atoms with Crippen molar-refractivity contribution in [3.8, 4) is 0 Å². The standard InChI is InChI=1S/C4H8O.6ClH.Mg.Ti/c1-2-4-5-3-1;;;;;;;;/h1-4H2;6*1H;;/q;;;;;;;+2;+4/p-6. The average molecular weight is 357 g/mol. The number of hydrogen-bond acceptors (Lipinski definition) is 1. The van der Waals surface area contributed by atoms with E-state index in [2.05, 4.69) is 0 Å². The molecular formula is C4H8Cl6MgOTi. The molecule has 0 N–H and O–H groups in total. The molecule has 0 bridgehead atoms. The first kappa shape index (κ1) is 25.1. The maximum absolute atomic E-state index is 5.01. The van der Waals surface area contributed by atoms with Crippen molar-refractivity contribution in [2.24, 2.45) is 0 Å². The van der Waals surface area contributed by atoms with Gasteiger partial charge in [-0.1, -0.05) is 0 Å². The summed E-state index contributed by atoms with van der Waals surface area (Å²) in [4.78, 5) is 0. The maximum Gasteiger partial charge on any atom is 2.00 e. The summed E-state index contributed by atoms with van der Waals surface area (Å²) in [5.74, 6) is 0. The summed E-state index contributed by atoms with van der Waals surface area (Å²) < 4.78 is 4.94. The first-order chi connectivity index (χ1) is 4.50. The summed E-state index contributed by atoms with van der Waals surface area (Å²) in [6.07, 6.45) is 2.56. The predicted molar refractivity (Wildman–Crippen MR) is 49.2 cm³/mol. The van der Waals surface area contributed by atoms with Crippen molar-refractivity contribution in [1.29, 1.82) is 0 Å². The van der Waals surface area contributed by atoms with Gasteiger partial charge in [0, 0.05) is 13.2 Å². The fourth-order valence-corrected chi connectivity index (χ4v) is 0.510. The van der Waals surface area contributed by atoms with E-state index in [0.29, 0.717) is 0 Å². The van der Waals surface area contributed by atoms with Gasteiger partial charge in [-0.2, -0.15) is 0 Å². The van der Waals surface area contributed by atoms with Crippen LogP contribution in [0.2, 0.25) is 0 Å². The molecule has 0 spiro atoms. The third-order valence-corrected chi connectivity index (χ3v) is 0.827. The Morgan fingerprint density at radius 2 is 1.08 bits per heavy atom. The van der Waals surface area contributed by atoms with E-state index in [1.807, 2.05) is 0 Å². The Kier molecular flexibility index (Phi) is 29.3. The molecule has 1 saturated heterocycles. The first-order valence-electron chi connectivity index (χ1n) is 2.83. The van der Waals surface area contributed by atoms with Crippen molar-refractivity contribution in [3.05, 3.63) is 0 Å². The molecule has 0 aromatic carbocycles. The van der Waals surface area contributed by atoms with Crippen molar-refractivity contribution >= 4 is 60.3 Å². The molecule has 0 amide bonds. The number of rotatable bonds is 0. The van der Waals surface area contributed by atoms with E-state index in [0.717, 1.165) is 13.2 Å². The van der Waals surface area contributed by atoms with Gasteiger partial charge in [0.1, 0.15) is 0 Å². The van der Waals surface area contributed by atoms with E-state index in [4.69, 9.17) is 42.0 Å². The Hall–Kier alpha value is 3.18. The summed E-state index contributed by atoms with van der Waals surface area (Å²) in [7, 11) is 20.1. The van der Waals surface area contributed by atoms with E-state index in [1.54, 1.807) is 0 Å².